The molecule has 2 aliphatic carbocycles. The van der Waals surface area contributed by atoms with Crippen LogP contribution in [0.1, 0.15) is 25.7 Å². The number of morpholine rings is 1. The fourth-order valence-corrected chi connectivity index (χ4v) is 2.50. The van der Waals surface area contributed by atoms with Crippen LogP contribution in [-0.4, -0.2) is 65.3 Å². The molecule has 1 aliphatic heterocycles. The highest BCUT2D eigenvalue weighted by molar-refractivity contribution is 5.78. The molecule has 1 atom stereocenters. The lowest BCUT2D eigenvalue weighted by molar-refractivity contribution is -0.154. The number of urea groups is 1. The molecule has 0 bridgehead atoms. The summed E-state index contributed by atoms with van der Waals surface area (Å²) in [7, 11) is 0. The van der Waals surface area contributed by atoms with Gasteiger partial charge in [0.15, 0.2) is 6.10 Å². The van der Waals surface area contributed by atoms with Gasteiger partial charge in [-0.2, -0.15) is 0 Å². The van der Waals surface area contributed by atoms with Crippen LogP contribution in [-0.2, 0) is 9.53 Å². The molecule has 0 radical (unpaired) electrons. The molecule has 2 amide bonds. The fourth-order valence-electron chi connectivity index (χ4n) is 2.50. The molecule has 3 aliphatic rings. The normalized spacial score (nSPS) is 27.2. The molecular weight excluding hydrogens is 248 g/mol. The molecule has 1 heterocycles. The number of hydrogen-bond donors (Lipinski definition) is 1. The highest BCUT2D eigenvalue weighted by Crippen LogP contribution is 2.35. The van der Waals surface area contributed by atoms with Gasteiger partial charge >= 0.3 is 12.0 Å². The van der Waals surface area contributed by atoms with Crippen molar-refractivity contribution in [1.82, 2.24) is 9.80 Å². The van der Waals surface area contributed by atoms with Crippen LogP contribution in [0.4, 0.5) is 4.79 Å². The Morgan fingerprint density at radius 3 is 2.58 bits per heavy atom. The first kappa shape index (κ1) is 12.7. The molecule has 3 rings (SSSR count). The van der Waals surface area contributed by atoms with Crippen molar-refractivity contribution in [2.75, 3.05) is 26.2 Å². The fraction of sp³-hybridized carbons (Fsp3) is 0.846. The summed E-state index contributed by atoms with van der Waals surface area (Å²) in [6, 6.07) is 0.392. The lowest BCUT2D eigenvalue weighted by Gasteiger charge is -2.35. The first-order valence-electron chi connectivity index (χ1n) is 7.05. The lowest BCUT2D eigenvalue weighted by Crippen LogP contribution is -2.53. The van der Waals surface area contributed by atoms with Gasteiger partial charge in [0.2, 0.25) is 0 Å². The Bertz CT molecular complexity index is 379. The van der Waals surface area contributed by atoms with Gasteiger partial charge in [0, 0.05) is 19.1 Å². The molecule has 1 saturated heterocycles. The summed E-state index contributed by atoms with van der Waals surface area (Å²) in [5.74, 6) is -0.321. The third-order valence-electron chi connectivity index (χ3n) is 4.00. The Kier molecular flexibility index (Phi) is 3.35. The molecule has 0 aromatic heterocycles. The van der Waals surface area contributed by atoms with E-state index in [-0.39, 0.29) is 12.6 Å². The van der Waals surface area contributed by atoms with Crippen molar-refractivity contribution in [3.63, 3.8) is 0 Å². The molecular formula is C13H20N2O4. The first-order chi connectivity index (χ1) is 9.15. The van der Waals surface area contributed by atoms with Gasteiger partial charge in [-0.05, 0) is 31.6 Å². The molecule has 6 nitrogen and oxygen atoms in total. The molecule has 106 valence electrons. The van der Waals surface area contributed by atoms with E-state index in [1.807, 2.05) is 4.90 Å². The number of carboxylic acids is 1. The summed E-state index contributed by atoms with van der Waals surface area (Å²) < 4.78 is 5.16. The van der Waals surface area contributed by atoms with Gasteiger partial charge in [0.1, 0.15) is 0 Å². The number of amides is 2. The number of aliphatic carboxylic acids is 1. The molecule has 0 aromatic rings. The van der Waals surface area contributed by atoms with Crippen molar-refractivity contribution in [3.05, 3.63) is 0 Å². The van der Waals surface area contributed by atoms with Crippen LogP contribution < -0.4 is 0 Å². The monoisotopic (exact) mass is 268 g/mol. The number of rotatable bonds is 4. The zero-order valence-electron chi connectivity index (χ0n) is 11.0. The Morgan fingerprint density at radius 2 is 2.00 bits per heavy atom. The molecule has 1 N–H and O–H groups in total. The number of hydrogen-bond acceptors (Lipinski definition) is 3. The summed E-state index contributed by atoms with van der Waals surface area (Å²) in [5, 5.41) is 8.98. The summed E-state index contributed by atoms with van der Waals surface area (Å²) in [4.78, 5) is 27.1. The molecule has 6 heteroatoms. The third-order valence-corrected chi connectivity index (χ3v) is 4.00. The van der Waals surface area contributed by atoms with E-state index in [0.29, 0.717) is 25.1 Å². The Balaban J connectivity index is 1.61. The van der Waals surface area contributed by atoms with Crippen molar-refractivity contribution in [3.8, 4) is 0 Å². The number of nitrogens with zero attached hydrogens (tertiary/aromatic N) is 2. The van der Waals surface area contributed by atoms with Gasteiger partial charge in [-0.15, -0.1) is 0 Å². The summed E-state index contributed by atoms with van der Waals surface area (Å²) in [5.41, 5.74) is 0. The van der Waals surface area contributed by atoms with Crippen LogP contribution in [0.2, 0.25) is 0 Å². The molecule has 19 heavy (non-hydrogen) atoms. The number of carbonyl (C=O) groups excluding carboxylic acids is 1. The molecule has 0 aromatic carbocycles. The largest absolute Gasteiger partial charge is 0.479 e. The van der Waals surface area contributed by atoms with Crippen molar-refractivity contribution >= 4 is 12.0 Å². The van der Waals surface area contributed by atoms with Crippen molar-refractivity contribution < 1.29 is 19.4 Å². The first-order valence-corrected chi connectivity index (χ1v) is 7.05. The zero-order valence-corrected chi connectivity index (χ0v) is 11.0. The second-order valence-corrected chi connectivity index (χ2v) is 5.75. The molecule has 2 saturated carbocycles. The Morgan fingerprint density at radius 1 is 1.26 bits per heavy atom. The van der Waals surface area contributed by atoms with Gasteiger partial charge < -0.3 is 19.6 Å². The van der Waals surface area contributed by atoms with Gasteiger partial charge in [-0.25, -0.2) is 9.59 Å². The average Bonchev–Trinajstić information content (AvgIpc) is 3.27. The van der Waals surface area contributed by atoms with E-state index >= 15 is 0 Å². The Labute approximate surface area is 112 Å². The van der Waals surface area contributed by atoms with Crippen LogP contribution in [0.15, 0.2) is 0 Å². The average molecular weight is 268 g/mol. The summed E-state index contributed by atoms with van der Waals surface area (Å²) in [6.07, 6.45) is 3.74. The van der Waals surface area contributed by atoms with Gasteiger partial charge in [0.25, 0.3) is 0 Å². The topological polar surface area (TPSA) is 70.1 Å². The smallest absolute Gasteiger partial charge is 0.334 e. The molecule has 1 unspecified atom stereocenters. The second kappa shape index (κ2) is 5.00. The maximum atomic E-state index is 12.5. The van der Waals surface area contributed by atoms with Crippen molar-refractivity contribution in [2.24, 2.45) is 5.92 Å². The number of carboxylic acid groups (broad SMARTS) is 1. The van der Waals surface area contributed by atoms with Crippen LogP contribution in [0.25, 0.3) is 0 Å². The highest BCUT2D eigenvalue weighted by atomic mass is 16.5. The van der Waals surface area contributed by atoms with Crippen LogP contribution >= 0.6 is 0 Å². The second-order valence-electron chi connectivity index (χ2n) is 5.75. The highest BCUT2D eigenvalue weighted by Gasteiger charge is 2.40. The SMILES string of the molecule is O=C(O)C1CN(C(=O)N(CC2CC2)C2CC2)CCO1. The van der Waals surface area contributed by atoms with Gasteiger partial charge in [-0.1, -0.05) is 0 Å². The third kappa shape index (κ3) is 3.00. The summed E-state index contributed by atoms with van der Waals surface area (Å²) >= 11 is 0. The van der Waals surface area contributed by atoms with Crippen LogP contribution in [0.3, 0.4) is 0 Å². The Hall–Kier alpha value is -1.30. The van der Waals surface area contributed by atoms with Gasteiger partial charge in [-0.3, -0.25) is 0 Å². The van der Waals surface area contributed by atoms with E-state index in [2.05, 4.69) is 0 Å². The van der Waals surface area contributed by atoms with Crippen molar-refractivity contribution in [1.29, 1.82) is 0 Å². The minimum Gasteiger partial charge on any atom is -0.479 e. The van der Waals surface area contributed by atoms with E-state index in [4.69, 9.17) is 9.84 Å². The van der Waals surface area contributed by atoms with Gasteiger partial charge in [0.05, 0.1) is 13.2 Å². The van der Waals surface area contributed by atoms with Crippen LogP contribution in [0, 0.1) is 5.92 Å². The van der Waals surface area contributed by atoms with Crippen molar-refractivity contribution in [2.45, 2.75) is 37.8 Å². The maximum absolute atomic E-state index is 12.5. The maximum Gasteiger partial charge on any atom is 0.334 e. The van der Waals surface area contributed by atoms with Crippen LogP contribution in [0.5, 0.6) is 0 Å². The number of ether oxygens (including phenoxy) is 1. The standard InChI is InChI=1S/C13H20N2O4/c16-12(17)11-8-14(5-6-19-11)13(18)15(10-3-4-10)7-9-1-2-9/h9-11H,1-8H2,(H,16,17). The minimum atomic E-state index is -0.988. The molecule has 3 fully saturated rings. The lowest BCUT2D eigenvalue weighted by atomic mass is 10.2. The number of carbonyl (C=O) groups is 2. The predicted molar refractivity (Wildman–Crippen MR) is 66.8 cm³/mol. The summed E-state index contributed by atoms with van der Waals surface area (Å²) in [6.45, 7) is 1.82. The van der Waals surface area contributed by atoms with E-state index < -0.39 is 12.1 Å². The quantitative estimate of drug-likeness (QED) is 0.817. The van der Waals surface area contributed by atoms with E-state index in [9.17, 15) is 9.59 Å². The molecule has 0 spiro atoms. The minimum absolute atomic E-state index is 0.00366. The van der Waals surface area contributed by atoms with E-state index in [1.165, 1.54) is 12.8 Å². The van der Waals surface area contributed by atoms with E-state index in [0.717, 1.165) is 19.4 Å². The zero-order chi connectivity index (χ0) is 13.4. The predicted octanol–water partition coefficient (Wildman–Crippen LogP) is 0.766. The van der Waals surface area contributed by atoms with E-state index in [1.54, 1.807) is 4.90 Å².